The van der Waals surface area contributed by atoms with Gasteiger partial charge in [0.05, 0.1) is 29.4 Å². The minimum atomic E-state index is -0.0206. The third-order valence-corrected chi connectivity index (χ3v) is 6.59. The first-order valence-electron chi connectivity index (χ1n) is 10.2. The Bertz CT molecular complexity index is 1570. The molecule has 3 aromatic carbocycles. The molecule has 0 aliphatic carbocycles. The van der Waals surface area contributed by atoms with E-state index < -0.39 is 0 Å². The molecule has 0 aliphatic rings. The molecule has 2 aromatic heterocycles. The smallest absolute Gasteiger partial charge is 0.182 e. The van der Waals surface area contributed by atoms with E-state index in [4.69, 9.17) is 9.72 Å². The Hall–Kier alpha value is -3.67. The Morgan fingerprint density at radius 2 is 1.53 bits per heavy atom. The molecule has 0 amide bonds. The summed E-state index contributed by atoms with van der Waals surface area (Å²) in [4.78, 5) is 4.78. The summed E-state index contributed by atoms with van der Waals surface area (Å²) in [6.45, 7) is 0. The Morgan fingerprint density at radius 3 is 2.12 bits per heavy atom. The van der Waals surface area contributed by atoms with Gasteiger partial charge in [0.15, 0.2) is 17.1 Å². The number of phenols is 1. The highest BCUT2D eigenvalue weighted by Crippen LogP contribution is 2.42. The molecular formula is C26H16Br2N4O2. The molecule has 0 bridgehead atoms. The average Bonchev–Trinajstić information content (AvgIpc) is 3.27. The molecule has 0 saturated heterocycles. The number of halogens is 2. The van der Waals surface area contributed by atoms with Crippen LogP contribution in [-0.2, 0) is 0 Å². The number of H-pyrrole nitrogens is 1. The van der Waals surface area contributed by atoms with Crippen molar-refractivity contribution in [2.75, 3.05) is 7.11 Å². The highest BCUT2D eigenvalue weighted by atomic mass is 79.9. The molecule has 2 N–H and O–H groups in total. The second-order valence-electron chi connectivity index (χ2n) is 7.52. The number of aromatic hydroxyl groups is 1. The van der Waals surface area contributed by atoms with Gasteiger partial charge in [-0.25, -0.2) is 4.98 Å². The molecule has 5 rings (SSSR count). The molecule has 0 atom stereocenters. The molecule has 0 spiro atoms. The number of hydrogen-bond acceptors (Lipinski definition) is 5. The van der Waals surface area contributed by atoms with Gasteiger partial charge in [0.25, 0.3) is 0 Å². The monoisotopic (exact) mass is 574 g/mol. The first-order chi connectivity index (χ1) is 16.5. The van der Waals surface area contributed by atoms with Crippen LogP contribution >= 0.6 is 31.9 Å². The summed E-state index contributed by atoms with van der Waals surface area (Å²) in [7, 11) is 1.49. The van der Waals surface area contributed by atoms with Crippen molar-refractivity contribution in [1.82, 2.24) is 15.2 Å². The lowest BCUT2D eigenvalue weighted by Gasteiger charge is -2.13. The Morgan fingerprint density at radius 1 is 0.912 bits per heavy atom. The van der Waals surface area contributed by atoms with Crippen molar-refractivity contribution in [3.05, 3.63) is 81.2 Å². The van der Waals surface area contributed by atoms with Crippen molar-refractivity contribution in [1.29, 1.82) is 5.26 Å². The number of nitrogens with zero attached hydrogens (tertiary/aromatic N) is 3. The first-order valence-corrected chi connectivity index (χ1v) is 11.8. The number of benzene rings is 3. The van der Waals surface area contributed by atoms with Crippen LogP contribution in [0.25, 0.3) is 44.7 Å². The van der Waals surface area contributed by atoms with E-state index in [-0.39, 0.29) is 5.75 Å². The minimum absolute atomic E-state index is 0.0206. The molecule has 6 nitrogen and oxygen atoms in total. The van der Waals surface area contributed by atoms with Crippen molar-refractivity contribution >= 4 is 42.9 Å². The maximum atomic E-state index is 10.5. The van der Waals surface area contributed by atoms with Crippen LogP contribution in [-0.4, -0.2) is 27.4 Å². The van der Waals surface area contributed by atoms with E-state index in [1.165, 1.54) is 7.11 Å². The lowest BCUT2D eigenvalue weighted by molar-refractivity contribution is 0.373. The van der Waals surface area contributed by atoms with Crippen LogP contribution in [0.4, 0.5) is 0 Å². The summed E-state index contributed by atoms with van der Waals surface area (Å²) in [5.74, 6) is 0.328. The number of aromatic nitrogens is 3. The maximum Gasteiger partial charge on any atom is 0.182 e. The molecule has 0 radical (unpaired) electrons. The minimum Gasteiger partial charge on any atom is -0.504 e. The van der Waals surface area contributed by atoms with E-state index in [9.17, 15) is 10.4 Å². The number of pyridine rings is 1. The molecule has 34 heavy (non-hydrogen) atoms. The quantitative estimate of drug-likeness (QED) is 0.239. The third-order valence-electron chi connectivity index (χ3n) is 5.53. The zero-order valence-corrected chi connectivity index (χ0v) is 21.0. The van der Waals surface area contributed by atoms with E-state index in [2.05, 4.69) is 48.1 Å². The summed E-state index contributed by atoms with van der Waals surface area (Å²) in [5, 5.41) is 29.1. The number of phenolic OH excluding ortho intramolecular Hbond substituents is 1. The van der Waals surface area contributed by atoms with Crippen molar-refractivity contribution in [2.45, 2.75) is 0 Å². The standard InChI is InChI=1S/C26H16Br2N4O2/c1-34-21-11-6-16(12-20(21)33)22-19(13-29)24(14-2-7-17(27)8-3-14)30-26-23(22)25(31-32-26)15-4-9-18(28)10-5-15/h2-12,33H,1H3,(H,30,31,32). The summed E-state index contributed by atoms with van der Waals surface area (Å²) in [5.41, 5.74) is 5.08. The Labute approximate surface area is 212 Å². The predicted molar refractivity (Wildman–Crippen MR) is 139 cm³/mol. The number of rotatable bonds is 4. The molecule has 0 aliphatic heterocycles. The Kier molecular flexibility index (Phi) is 5.82. The van der Waals surface area contributed by atoms with Gasteiger partial charge >= 0.3 is 0 Å². The summed E-state index contributed by atoms with van der Waals surface area (Å²) < 4.78 is 7.10. The largest absolute Gasteiger partial charge is 0.504 e. The fourth-order valence-corrected chi connectivity index (χ4v) is 4.47. The zero-order chi connectivity index (χ0) is 23.8. The van der Waals surface area contributed by atoms with Crippen LogP contribution < -0.4 is 4.74 Å². The van der Waals surface area contributed by atoms with Gasteiger partial charge in [0, 0.05) is 25.6 Å². The molecule has 0 saturated carbocycles. The van der Waals surface area contributed by atoms with Crippen LogP contribution in [0, 0.1) is 11.3 Å². The lowest BCUT2D eigenvalue weighted by Crippen LogP contribution is -1.97. The molecule has 0 fully saturated rings. The number of hydrogen-bond donors (Lipinski definition) is 2. The topological polar surface area (TPSA) is 94.8 Å². The van der Waals surface area contributed by atoms with Gasteiger partial charge in [-0.3, -0.25) is 5.10 Å². The highest BCUT2D eigenvalue weighted by molar-refractivity contribution is 9.10. The molecule has 0 unspecified atom stereocenters. The van der Waals surface area contributed by atoms with Crippen LogP contribution in [0.3, 0.4) is 0 Å². The molecule has 2 heterocycles. The van der Waals surface area contributed by atoms with E-state index >= 15 is 0 Å². The molecular weight excluding hydrogens is 560 g/mol. The van der Waals surface area contributed by atoms with Gasteiger partial charge in [0.1, 0.15) is 6.07 Å². The number of aromatic amines is 1. The number of ether oxygens (including phenoxy) is 1. The average molecular weight is 576 g/mol. The van der Waals surface area contributed by atoms with Gasteiger partial charge in [-0.15, -0.1) is 0 Å². The zero-order valence-electron chi connectivity index (χ0n) is 17.8. The van der Waals surface area contributed by atoms with Gasteiger partial charge in [-0.1, -0.05) is 62.2 Å². The predicted octanol–water partition coefficient (Wildman–Crippen LogP) is 7.07. The van der Waals surface area contributed by atoms with Crippen LogP contribution in [0.1, 0.15) is 5.56 Å². The van der Waals surface area contributed by atoms with Crippen molar-refractivity contribution in [3.63, 3.8) is 0 Å². The van der Waals surface area contributed by atoms with Gasteiger partial charge < -0.3 is 9.84 Å². The van der Waals surface area contributed by atoms with Crippen LogP contribution in [0.2, 0.25) is 0 Å². The normalized spacial score (nSPS) is 10.9. The molecule has 5 aromatic rings. The molecule has 166 valence electrons. The van der Waals surface area contributed by atoms with Crippen molar-refractivity contribution in [2.24, 2.45) is 0 Å². The lowest BCUT2D eigenvalue weighted by atomic mass is 9.92. The van der Waals surface area contributed by atoms with E-state index in [1.54, 1.807) is 12.1 Å². The third kappa shape index (κ3) is 3.83. The highest BCUT2D eigenvalue weighted by Gasteiger charge is 2.23. The Balaban J connectivity index is 1.88. The summed E-state index contributed by atoms with van der Waals surface area (Å²) >= 11 is 6.92. The van der Waals surface area contributed by atoms with Gasteiger partial charge in [-0.05, 0) is 42.0 Å². The van der Waals surface area contributed by atoms with Crippen LogP contribution in [0.5, 0.6) is 11.5 Å². The SMILES string of the molecule is COc1ccc(-c2c(C#N)c(-c3ccc(Br)cc3)nc3n[nH]c(-c4ccc(Br)cc4)c23)cc1O. The maximum absolute atomic E-state index is 10.5. The second kappa shape index (κ2) is 8.93. The van der Waals surface area contributed by atoms with E-state index in [0.29, 0.717) is 39.2 Å². The van der Waals surface area contributed by atoms with E-state index in [0.717, 1.165) is 25.8 Å². The van der Waals surface area contributed by atoms with Crippen molar-refractivity contribution < 1.29 is 9.84 Å². The van der Waals surface area contributed by atoms with Crippen molar-refractivity contribution in [3.8, 4) is 51.2 Å². The number of nitriles is 1. The summed E-state index contributed by atoms with van der Waals surface area (Å²) in [6.07, 6.45) is 0. The summed E-state index contributed by atoms with van der Waals surface area (Å²) in [6, 6.07) is 22.8. The number of nitrogens with one attached hydrogen (secondary N) is 1. The van der Waals surface area contributed by atoms with E-state index in [1.807, 2.05) is 54.6 Å². The fourth-order valence-electron chi connectivity index (χ4n) is 3.94. The second-order valence-corrected chi connectivity index (χ2v) is 9.35. The van der Waals surface area contributed by atoms with Gasteiger partial charge in [-0.2, -0.15) is 10.4 Å². The first kappa shape index (κ1) is 22.1. The number of methoxy groups -OCH3 is 1. The fraction of sp³-hybridized carbons (Fsp3) is 0.0385. The van der Waals surface area contributed by atoms with Crippen LogP contribution in [0.15, 0.2) is 75.7 Å². The van der Waals surface area contributed by atoms with Gasteiger partial charge in [0.2, 0.25) is 0 Å². The molecule has 8 heteroatoms. The number of fused-ring (bicyclic) bond motifs is 1.